The molecule has 11 aromatic rings. The van der Waals surface area contributed by atoms with Gasteiger partial charge in [0.1, 0.15) is 0 Å². The Kier molecular flexibility index (Phi) is 8.37. The van der Waals surface area contributed by atoms with Crippen LogP contribution in [-0.4, -0.2) is 4.57 Å². The van der Waals surface area contributed by atoms with Crippen molar-refractivity contribution in [2.75, 3.05) is 0 Å². The van der Waals surface area contributed by atoms with Gasteiger partial charge in [-0.2, -0.15) is 0 Å². The minimum absolute atomic E-state index is 0.00778. The zero-order valence-corrected chi connectivity index (χ0v) is 42.1. The van der Waals surface area contributed by atoms with Gasteiger partial charge >= 0.3 is 0 Å². The molecule has 0 saturated carbocycles. The summed E-state index contributed by atoms with van der Waals surface area (Å²) >= 11 is 0. The molecule has 0 amide bonds. The maximum atomic E-state index is 16.3. The molecule has 73 heavy (non-hydrogen) atoms. The van der Waals surface area contributed by atoms with E-state index in [1.54, 1.807) is 0 Å². The van der Waals surface area contributed by atoms with Crippen LogP contribution in [0.25, 0.3) is 83.0 Å². The summed E-state index contributed by atoms with van der Waals surface area (Å²) in [4.78, 5) is 16.3. The van der Waals surface area contributed by atoms with E-state index in [0.29, 0.717) is 0 Å². The molecule has 0 fully saturated rings. The summed E-state index contributed by atoms with van der Waals surface area (Å²) < 4.78 is 2.10. The molecular formula is C71H53NO. The van der Waals surface area contributed by atoms with Gasteiger partial charge in [0, 0.05) is 21.6 Å². The number of pyridine rings is 1. The van der Waals surface area contributed by atoms with Crippen LogP contribution in [0.15, 0.2) is 217 Å². The molecule has 1 spiro atoms. The number of hydrogen-bond acceptors (Lipinski definition) is 1. The van der Waals surface area contributed by atoms with Gasteiger partial charge in [-0.15, -0.1) is 0 Å². The molecule has 4 aliphatic rings. The van der Waals surface area contributed by atoms with E-state index in [1.165, 1.54) is 72.3 Å². The van der Waals surface area contributed by atoms with Crippen LogP contribution in [-0.2, 0) is 21.7 Å². The lowest BCUT2D eigenvalue weighted by Crippen LogP contribution is -2.45. The lowest BCUT2D eigenvalue weighted by molar-refractivity contribution is 0.555. The highest BCUT2D eigenvalue weighted by Gasteiger charge is 2.53. The van der Waals surface area contributed by atoms with Crippen molar-refractivity contribution >= 4 is 21.7 Å². The summed E-state index contributed by atoms with van der Waals surface area (Å²) in [6, 6.07) is 79.1. The smallest absolute Gasteiger partial charge is 0.264 e. The third-order valence-corrected chi connectivity index (χ3v) is 18.1. The molecule has 0 atom stereocenters. The molecule has 0 N–H and O–H groups in total. The van der Waals surface area contributed by atoms with Crippen molar-refractivity contribution in [1.29, 1.82) is 0 Å². The zero-order valence-electron chi connectivity index (χ0n) is 42.1. The highest BCUT2D eigenvalue weighted by atomic mass is 16.1. The van der Waals surface area contributed by atoms with E-state index in [1.807, 2.05) is 6.07 Å². The van der Waals surface area contributed by atoms with Crippen molar-refractivity contribution < 1.29 is 0 Å². The highest BCUT2D eigenvalue weighted by Crippen LogP contribution is 2.61. The van der Waals surface area contributed by atoms with Crippen molar-refractivity contribution in [3.8, 4) is 61.3 Å². The fourth-order valence-corrected chi connectivity index (χ4v) is 14.5. The molecule has 2 nitrogen and oxygen atoms in total. The molecule has 1 aliphatic heterocycles. The van der Waals surface area contributed by atoms with Crippen LogP contribution in [0.1, 0.15) is 97.2 Å². The molecule has 0 saturated heterocycles. The second-order valence-corrected chi connectivity index (χ2v) is 22.7. The first-order valence-electron chi connectivity index (χ1n) is 26.0. The lowest BCUT2D eigenvalue weighted by atomic mass is 9.53. The molecule has 1 aromatic heterocycles. The SMILES string of the molecule is CC1(C)c2ccccc2-c2ccc(-c3ccc4c(c3)C3(c5ccccc5C(C)(C)c5ccccc53)c3cc(-c5ccc6c(c5)C(C)(C)c5ccccc5-6)cc5c6cccc(-c7ccccc7)c6c(=O)n-4c35)cc21. The fraction of sp³-hybridized carbons (Fsp3) is 0.141. The maximum absolute atomic E-state index is 16.3. The van der Waals surface area contributed by atoms with E-state index in [-0.39, 0.29) is 21.8 Å². The average Bonchev–Trinajstić information content (AvgIpc) is 3.81. The van der Waals surface area contributed by atoms with Gasteiger partial charge in [0.2, 0.25) is 0 Å². The van der Waals surface area contributed by atoms with E-state index in [4.69, 9.17) is 0 Å². The zero-order chi connectivity index (χ0) is 49.3. The van der Waals surface area contributed by atoms with Crippen LogP contribution in [0.4, 0.5) is 0 Å². The van der Waals surface area contributed by atoms with Crippen molar-refractivity contribution in [2.24, 2.45) is 0 Å². The van der Waals surface area contributed by atoms with Gasteiger partial charge in [0.05, 0.1) is 22.0 Å². The molecule has 0 bridgehead atoms. The van der Waals surface area contributed by atoms with Crippen LogP contribution >= 0.6 is 0 Å². The van der Waals surface area contributed by atoms with E-state index < -0.39 is 5.41 Å². The van der Waals surface area contributed by atoms with E-state index in [2.05, 4.69) is 252 Å². The molecule has 0 unspecified atom stereocenters. The standard InChI is InChI=1S/C71H53NO/c1-68(2)54-25-12-10-21-48(54)50-34-31-43(38-60(50)68)44-33-36-64-62(40-44)71(58-29-16-14-27-56(58)70(5,6)57-28-15-17-30-59(57)71)63-41-46(45-32-35-51-49-22-11-13-26-55(49)69(3,4)61(51)39-45)37-53-52-24-18-23-47(42-19-8-7-9-20-42)65(52)67(73)72(64)66(53)63/h7-41H,1-6H3. The summed E-state index contributed by atoms with van der Waals surface area (Å²) in [6.45, 7) is 14.2. The molecule has 2 heteroatoms. The van der Waals surface area contributed by atoms with E-state index in [9.17, 15) is 0 Å². The van der Waals surface area contributed by atoms with Crippen LogP contribution in [0.2, 0.25) is 0 Å². The first-order chi connectivity index (χ1) is 35.4. The Balaban J connectivity index is 1.10. The lowest BCUT2D eigenvalue weighted by Gasteiger charge is -2.50. The molecule has 348 valence electrons. The summed E-state index contributed by atoms with van der Waals surface area (Å²) in [6.07, 6.45) is 0. The van der Waals surface area contributed by atoms with Gasteiger partial charge in [-0.1, -0.05) is 217 Å². The predicted octanol–water partition coefficient (Wildman–Crippen LogP) is 17.1. The highest BCUT2D eigenvalue weighted by molar-refractivity contribution is 6.14. The molecule has 3 aliphatic carbocycles. The Bertz CT molecular complexity index is 4260. The Morgan fingerprint density at radius 2 is 0.740 bits per heavy atom. The molecule has 2 heterocycles. The number of nitrogens with zero attached hydrogens (tertiary/aromatic N) is 1. The number of fused-ring (bicyclic) bond motifs is 16. The summed E-state index contributed by atoms with van der Waals surface area (Å²) in [5.41, 5.74) is 24.9. The fourth-order valence-electron chi connectivity index (χ4n) is 14.5. The number of benzene rings is 10. The summed E-state index contributed by atoms with van der Waals surface area (Å²) in [5.74, 6) is 0. The van der Waals surface area contributed by atoms with Crippen LogP contribution in [0, 0.1) is 0 Å². The monoisotopic (exact) mass is 935 g/mol. The number of hydrogen-bond donors (Lipinski definition) is 0. The molecule has 10 aromatic carbocycles. The minimum atomic E-state index is -0.821. The third-order valence-electron chi connectivity index (χ3n) is 18.1. The van der Waals surface area contributed by atoms with Crippen LogP contribution in [0.3, 0.4) is 0 Å². The van der Waals surface area contributed by atoms with Gasteiger partial charge in [-0.25, -0.2) is 0 Å². The van der Waals surface area contributed by atoms with Crippen LogP contribution in [0.5, 0.6) is 0 Å². The van der Waals surface area contributed by atoms with E-state index in [0.717, 1.165) is 66.3 Å². The van der Waals surface area contributed by atoms with Gasteiger partial charge < -0.3 is 0 Å². The summed E-state index contributed by atoms with van der Waals surface area (Å²) in [5, 5.41) is 2.76. The Hall–Kier alpha value is -8.33. The average molecular weight is 936 g/mol. The molecule has 0 radical (unpaired) electrons. The van der Waals surface area contributed by atoms with Crippen molar-refractivity contribution in [3.05, 3.63) is 278 Å². The topological polar surface area (TPSA) is 22.0 Å². The second kappa shape index (κ2) is 14.4. The van der Waals surface area contributed by atoms with Gasteiger partial charge in [0.25, 0.3) is 5.56 Å². The largest absolute Gasteiger partial charge is 0.276 e. The second-order valence-electron chi connectivity index (χ2n) is 22.7. The first kappa shape index (κ1) is 42.4. The van der Waals surface area contributed by atoms with Gasteiger partial charge in [0.15, 0.2) is 0 Å². The maximum Gasteiger partial charge on any atom is 0.264 e. The Morgan fingerprint density at radius 1 is 0.301 bits per heavy atom. The third kappa shape index (κ3) is 5.35. The van der Waals surface area contributed by atoms with Crippen molar-refractivity contribution in [1.82, 2.24) is 4.57 Å². The molecule has 15 rings (SSSR count). The number of rotatable bonds is 3. The van der Waals surface area contributed by atoms with Crippen molar-refractivity contribution in [3.63, 3.8) is 0 Å². The molecular weight excluding hydrogens is 883 g/mol. The Labute approximate surface area is 426 Å². The Morgan fingerprint density at radius 3 is 1.33 bits per heavy atom. The first-order valence-corrected chi connectivity index (χ1v) is 26.0. The van der Waals surface area contributed by atoms with Gasteiger partial charge in [-0.05, 0) is 153 Å². The number of aromatic nitrogens is 1. The van der Waals surface area contributed by atoms with E-state index >= 15 is 4.79 Å². The van der Waals surface area contributed by atoms with Gasteiger partial charge in [-0.3, -0.25) is 9.36 Å². The van der Waals surface area contributed by atoms with Crippen LogP contribution < -0.4 is 5.56 Å². The van der Waals surface area contributed by atoms with Crippen molar-refractivity contribution in [2.45, 2.75) is 63.2 Å². The minimum Gasteiger partial charge on any atom is -0.276 e. The predicted molar refractivity (Wildman–Crippen MR) is 302 cm³/mol. The summed E-state index contributed by atoms with van der Waals surface area (Å²) in [7, 11) is 0. The normalized spacial score (nSPS) is 16.0. The quantitative estimate of drug-likeness (QED) is 0.162.